The second-order valence-electron chi connectivity index (χ2n) is 3.14. The quantitative estimate of drug-likeness (QED) is 0.450. The summed E-state index contributed by atoms with van der Waals surface area (Å²) >= 11 is 0. The number of carboxylic acid groups (broad SMARTS) is 1. The van der Waals surface area contributed by atoms with Crippen LogP contribution < -0.4 is 5.32 Å². The predicted molar refractivity (Wildman–Crippen MR) is 48.3 cm³/mol. The van der Waals surface area contributed by atoms with E-state index in [1.165, 1.54) is 19.0 Å². The van der Waals surface area contributed by atoms with E-state index in [1.54, 1.807) is 0 Å². The van der Waals surface area contributed by atoms with Crippen LogP contribution in [0, 0.1) is 5.92 Å². The third-order valence-corrected chi connectivity index (χ3v) is 1.78. The molecule has 0 aromatic carbocycles. The molecule has 13 heavy (non-hydrogen) atoms. The van der Waals surface area contributed by atoms with Crippen molar-refractivity contribution in [3.63, 3.8) is 0 Å². The molecule has 2 N–H and O–H groups in total. The van der Waals surface area contributed by atoms with Crippen molar-refractivity contribution >= 4 is 5.97 Å². The molecule has 1 fully saturated rings. The third kappa shape index (κ3) is 6.16. The highest BCUT2D eigenvalue weighted by molar-refractivity contribution is 5.79. The van der Waals surface area contributed by atoms with E-state index in [2.05, 4.69) is 5.32 Å². The van der Waals surface area contributed by atoms with Gasteiger partial charge >= 0.3 is 5.97 Å². The Hall–Kier alpha value is -1.03. The number of carboxylic acids is 1. The first-order chi connectivity index (χ1) is 6.29. The summed E-state index contributed by atoms with van der Waals surface area (Å²) in [5, 5.41) is 11.1. The predicted octanol–water partition coefficient (Wildman–Crippen LogP) is 0.601. The van der Waals surface area contributed by atoms with Crippen molar-refractivity contribution in [2.75, 3.05) is 19.8 Å². The minimum Gasteiger partial charge on any atom is -0.478 e. The molecule has 0 unspecified atom stereocenters. The van der Waals surface area contributed by atoms with E-state index >= 15 is 0 Å². The molecule has 0 aromatic heterocycles. The van der Waals surface area contributed by atoms with Crippen molar-refractivity contribution < 1.29 is 14.6 Å². The van der Waals surface area contributed by atoms with E-state index in [1.807, 2.05) is 0 Å². The fourth-order valence-corrected chi connectivity index (χ4v) is 0.879. The second kappa shape index (κ2) is 5.59. The SMILES string of the molecule is O=C(O)/C=C/NCCOCC1CC1. The van der Waals surface area contributed by atoms with Crippen LogP contribution in [0.4, 0.5) is 0 Å². The van der Waals surface area contributed by atoms with Crippen molar-refractivity contribution in [2.45, 2.75) is 12.8 Å². The van der Waals surface area contributed by atoms with Gasteiger partial charge in [0.15, 0.2) is 0 Å². The highest BCUT2D eigenvalue weighted by atomic mass is 16.5. The topological polar surface area (TPSA) is 58.6 Å². The van der Waals surface area contributed by atoms with Crippen LogP contribution >= 0.6 is 0 Å². The van der Waals surface area contributed by atoms with Gasteiger partial charge in [-0.1, -0.05) is 0 Å². The zero-order chi connectivity index (χ0) is 9.52. The minimum absolute atomic E-state index is 0.639. The molecular weight excluding hydrogens is 170 g/mol. The molecule has 1 aliphatic carbocycles. The van der Waals surface area contributed by atoms with Gasteiger partial charge in [-0.05, 0) is 18.8 Å². The summed E-state index contributed by atoms with van der Waals surface area (Å²) in [6, 6.07) is 0. The van der Waals surface area contributed by atoms with E-state index in [0.717, 1.165) is 18.6 Å². The van der Waals surface area contributed by atoms with Gasteiger partial charge in [-0.25, -0.2) is 4.79 Å². The number of aliphatic carboxylic acids is 1. The third-order valence-electron chi connectivity index (χ3n) is 1.78. The zero-order valence-electron chi connectivity index (χ0n) is 7.53. The molecule has 0 aliphatic heterocycles. The zero-order valence-corrected chi connectivity index (χ0v) is 7.53. The van der Waals surface area contributed by atoms with E-state index < -0.39 is 5.97 Å². The number of carbonyl (C=O) groups is 1. The summed E-state index contributed by atoms with van der Waals surface area (Å²) in [5.41, 5.74) is 0. The number of nitrogens with one attached hydrogen (secondary N) is 1. The van der Waals surface area contributed by atoms with Crippen molar-refractivity contribution in [1.29, 1.82) is 0 Å². The Morgan fingerprint density at radius 1 is 1.62 bits per heavy atom. The van der Waals surface area contributed by atoms with Gasteiger partial charge in [-0.2, -0.15) is 0 Å². The average Bonchev–Trinajstić information content (AvgIpc) is 2.86. The van der Waals surface area contributed by atoms with Crippen LogP contribution in [-0.2, 0) is 9.53 Å². The van der Waals surface area contributed by atoms with Crippen LogP contribution in [0.15, 0.2) is 12.3 Å². The maximum Gasteiger partial charge on any atom is 0.329 e. The van der Waals surface area contributed by atoms with Crippen LogP contribution in [0.3, 0.4) is 0 Å². The maximum atomic E-state index is 10.0. The van der Waals surface area contributed by atoms with Crippen molar-refractivity contribution in [1.82, 2.24) is 5.32 Å². The van der Waals surface area contributed by atoms with E-state index in [4.69, 9.17) is 9.84 Å². The molecule has 0 spiro atoms. The van der Waals surface area contributed by atoms with Crippen LogP contribution in [-0.4, -0.2) is 30.8 Å². The molecule has 0 radical (unpaired) electrons. The molecule has 0 aromatic rings. The Balaban J connectivity index is 1.80. The van der Waals surface area contributed by atoms with Gasteiger partial charge in [0.25, 0.3) is 0 Å². The van der Waals surface area contributed by atoms with Gasteiger partial charge in [0.05, 0.1) is 6.61 Å². The molecule has 0 amide bonds. The van der Waals surface area contributed by atoms with Gasteiger partial charge in [0.2, 0.25) is 0 Å². The van der Waals surface area contributed by atoms with Crippen molar-refractivity contribution in [2.24, 2.45) is 5.92 Å². The van der Waals surface area contributed by atoms with Gasteiger partial charge in [-0.3, -0.25) is 0 Å². The van der Waals surface area contributed by atoms with Gasteiger partial charge in [-0.15, -0.1) is 0 Å². The molecule has 0 atom stereocenters. The number of ether oxygens (including phenoxy) is 1. The average molecular weight is 185 g/mol. The highest BCUT2D eigenvalue weighted by Crippen LogP contribution is 2.28. The molecular formula is C9H15NO3. The van der Waals surface area contributed by atoms with Gasteiger partial charge in [0, 0.05) is 25.4 Å². The fraction of sp³-hybridized carbons (Fsp3) is 0.667. The van der Waals surface area contributed by atoms with Crippen LogP contribution in [0.5, 0.6) is 0 Å². The van der Waals surface area contributed by atoms with Gasteiger partial charge < -0.3 is 15.2 Å². The lowest BCUT2D eigenvalue weighted by atomic mass is 10.5. The molecule has 4 heteroatoms. The summed E-state index contributed by atoms with van der Waals surface area (Å²) in [4.78, 5) is 10.0. The summed E-state index contributed by atoms with van der Waals surface area (Å²) < 4.78 is 5.32. The normalized spacial score (nSPS) is 16.3. The Bertz CT molecular complexity index is 187. The molecule has 0 bridgehead atoms. The minimum atomic E-state index is -0.939. The van der Waals surface area contributed by atoms with Crippen LogP contribution in [0.25, 0.3) is 0 Å². The van der Waals surface area contributed by atoms with Crippen molar-refractivity contribution in [3.05, 3.63) is 12.3 Å². The Morgan fingerprint density at radius 2 is 2.38 bits per heavy atom. The van der Waals surface area contributed by atoms with E-state index in [-0.39, 0.29) is 0 Å². The van der Waals surface area contributed by atoms with E-state index in [0.29, 0.717) is 13.2 Å². The molecule has 0 heterocycles. The molecule has 1 rings (SSSR count). The smallest absolute Gasteiger partial charge is 0.329 e. The lowest BCUT2D eigenvalue weighted by Gasteiger charge is -2.01. The maximum absolute atomic E-state index is 10.0. The first kappa shape index (κ1) is 10.1. The standard InChI is InChI=1S/C9H15NO3/c11-9(12)3-4-10-5-6-13-7-8-1-2-8/h3-4,8,10H,1-2,5-7H2,(H,11,12)/b4-3+. The van der Waals surface area contributed by atoms with Gasteiger partial charge in [0.1, 0.15) is 0 Å². The lowest BCUT2D eigenvalue weighted by molar-refractivity contribution is -0.131. The van der Waals surface area contributed by atoms with Crippen molar-refractivity contribution in [3.8, 4) is 0 Å². The number of hydrogen-bond acceptors (Lipinski definition) is 3. The van der Waals surface area contributed by atoms with E-state index in [9.17, 15) is 4.79 Å². The molecule has 4 nitrogen and oxygen atoms in total. The highest BCUT2D eigenvalue weighted by Gasteiger charge is 2.20. The Labute approximate surface area is 77.6 Å². The first-order valence-electron chi connectivity index (χ1n) is 4.49. The van der Waals surface area contributed by atoms with Crippen LogP contribution in [0.2, 0.25) is 0 Å². The second-order valence-corrected chi connectivity index (χ2v) is 3.14. The molecule has 1 saturated carbocycles. The lowest BCUT2D eigenvalue weighted by Crippen LogP contribution is -2.14. The fourth-order valence-electron chi connectivity index (χ4n) is 0.879. The Kier molecular flexibility index (Phi) is 4.32. The molecule has 74 valence electrons. The largest absolute Gasteiger partial charge is 0.478 e. The summed E-state index contributed by atoms with van der Waals surface area (Å²) in [6.07, 6.45) is 5.09. The Morgan fingerprint density at radius 3 is 3.00 bits per heavy atom. The summed E-state index contributed by atoms with van der Waals surface area (Å²) in [7, 11) is 0. The number of rotatable bonds is 7. The molecule has 1 aliphatic rings. The summed E-state index contributed by atoms with van der Waals surface area (Å²) in [6.45, 7) is 2.15. The van der Waals surface area contributed by atoms with Crippen LogP contribution in [0.1, 0.15) is 12.8 Å². The summed E-state index contributed by atoms with van der Waals surface area (Å²) in [5.74, 6) is -0.152. The monoisotopic (exact) mass is 185 g/mol. The first-order valence-corrected chi connectivity index (χ1v) is 4.49. The molecule has 0 saturated heterocycles. The number of hydrogen-bond donors (Lipinski definition) is 2.